The molecule has 1 N–H and O–H groups in total. The van der Waals surface area contributed by atoms with Crippen molar-refractivity contribution in [3.63, 3.8) is 0 Å². The number of carbonyl (C=O) groups is 2. The van der Waals surface area contributed by atoms with Gasteiger partial charge in [0.05, 0.1) is 30.4 Å². The van der Waals surface area contributed by atoms with Gasteiger partial charge in [0.2, 0.25) is 0 Å². The van der Waals surface area contributed by atoms with E-state index in [9.17, 15) is 9.59 Å². The van der Waals surface area contributed by atoms with Crippen LogP contribution in [0.5, 0.6) is 11.5 Å². The molecule has 0 bridgehead atoms. The first-order valence-electron chi connectivity index (χ1n) is 9.44. The highest BCUT2D eigenvalue weighted by molar-refractivity contribution is 6.34. The number of ether oxygens (including phenoxy) is 2. The first kappa shape index (κ1) is 20.5. The average molecular weight is 436 g/mol. The summed E-state index contributed by atoms with van der Waals surface area (Å²) in [7, 11) is 1.58. The van der Waals surface area contributed by atoms with Crippen LogP contribution < -0.4 is 14.8 Å². The molecule has 6 nitrogen and oxygen atoms in total. The van der Waals surface area contributed by atoms with E-state index in [0.29, 0.717) is 33.4 Å². The Morgan fingerprint density at radius 2 is 1.74 bits per heavy atom. The molecular weight excluding hydrogens is 418 g/mol. The molecule has 0 fully saturated rings. The van der Waals surface area contributed by atoms with Crippen molar-refractivity contribution >= 4 is 40.1 Å². The molecule has 4 rings (SSSR count). The summed E-state index contributed by atoms with van der Waals surface area (Å²) in [6.45, 7) is 0. The topological polar surface area (TPSA) is 77.8 Å². The number of benzene rings is 3. The van der Waals surface area contributed by atoms with Crippen LogP contribution in [0.25, 0.3) is 11.0 Å². The molecule has 7 heteroatoms. The van der Waals surface area contributed by atoms with Crippen LogP contribution in [0.2, 0.25) is 5.02 Å². The van der Waals surface area contributed by atoms with Crippen LogP contribution in [-0.2, 0) is 11.2 Å². The van der Waals surface area contributed by atoms with Gasteiger partial charge in [0.25, 0.3) is 5.91 Å². The molecule has 156 valence electrons. The number of methoxy groups -OCH3 is 1. The molecule has 0 saturated heterocycles. The molecule has 3 aromatic carbocycles. The molecule has 1 amide bonds. The van der Waals surface area contributed by atoms with E-state index in [-0.39, 0.29) is 12.3 Å². The number of halogens is 1. The van der Waals surface area contributed by atoms with E-state index in [1.54, 1.807) is 68.0 Å². The van der Waals surface area contributed by atoms with Gasteiger partial charge in [-0.2, -0.15) is 0 Å². The maximum atomic E-state index is 12.4. The van der Waals surface area contributed by atoms with Gasteiger partial charge in [0, 0.05) is 22.7 Å². The number of hydrogen-bond acceptors (Lipinski definition) is 5. The number of esters is 1. The number of anilines is 1. The van der Waals surface area contributed by atoms with Crippen molar-refractivity contribution in [3.8, 4) is 11.5 Å². The number of hydrogen-bond donors (Lipinski definition) is 1. The fourth-order valence-electron chi connectivity index (χ4n) is 3.10. The molecule has 1 heterocycles. The Labute approximate surface area is 183 Å². The number of amides is 1. The van der Waals surface area contributed by atoms with Crippen molar-refractivity contribution in [1.82, 2.24) is 0 Å². The Bertz CT molecular complexity index is 1250. The first-order chi connectivity index (χ1) is 15.0. The lowest BCUT2D eigenvalue weighted by Crippen LogP contribution is -2.13. The number of carbonyl (C=O) groups excluding carboxylic acids is 2. The van der Waals surface area contributed by atoms with Crippen LogP contribution in [-0.4, -0.2) is 19.0 Å². The van der Waals surface area contributed by atoms with Crippen molar-refractivity contribution in [2.75, 3.05) is 12.4 Å². The van der Waals surface area contributed by atoms with Gasteiger partial charge in [0.1, 0.15) is 17.1 Å². The number of rotatable bonds is 6. The van der Waals surface area contributed by atoms with E-state index in [1.807, 2.05) is 12.1 Å². The molecule has 0 radical (unpaired) electrons. The third-order valence-corrected chi connectivity index (χ3v) is 4.99. The summed E-state index contributed by atoms with van der Waals surface area (Å²) in [5.74, 6) is 0.304. The third-order valence-electron chi connectivity index (χ3n) is 4.66. The molecule has 0 unspecified atom stereocenters. The second-order valence-corrected chi connectivity index (χ2v) is 7.14. The fourth-order valence-corrected chi connectivity index (χ4v) is 3.32. The Kier molecular flexibility index (Phi) is 5.91. The predicted molar refractivity (Wildman–Crippen MR) is 118 cm³/mol. The minimum absolute atomic E-state index is 0.0598. The molecule has 0 aliphatic heterocycles. The van der Waals surface area contributed by atoms with E-state index in [0.717, 1.165) is 10.9 Å². The average Bonchev–Trinajstić information content (AvgIpc) is 3.17. The molecule has 0 atom stereocenters. The second kappa shape index (κ2) is 8.93. The van der Waals surface area contributed by atoms with Crippen molar-refractivity contribution < 1.29 is 23.5 Å². The van der Waals surface area contributed by atoms with Crippen molar-refractivity contribution in [2.24, 2.45) is 0 Å². The largest absolute Gasteiger partial charge is 0.497 e. The lowest BCUT2D eigenvalue weighted by molar-refractivity contribution is -0.133. The molecule has 1 aromatic heterocycles. The van der Waals surface area contributed by atoms with Crippen LogP contribution >= 0.6 is 11.6 Å². The second-order valence-electron chi connectivity index (χ2n) is 6.73. The van der Waals surface area contributed by atoms with Crippen molar-refractivity contribution in [2.45, 2.75) is 6.42 Å². The van der Waals surface area contributed by atoms with Gasteiger partial charge in [0.15, 0.2) is 0 Å². The Morgan fingerprint density at radius 3 is 2.48 bits per heavy atom. The summed E-state index contributed by atoms with van der Waals surface area (Å²) in [6, 6.07) is 18.7. The van der Waals surface area contributed by atoms with Gasteiger partial charge < -0.3 is 19.2 Å². The zero-order chi connectivity index (χ0) is 21.8. The molecule has 0 spiro atoms. The van der Waals surface area contributed by atoms with E-state index in [2.05, 4.69) is 5.32 Å². The summed E-state index contributed by atoms with van der Waals surface area (Å²) >= 11 is 6.05. The maximum absolute atomic E-state index is 12.4. The Morgan fingerprint density at radius 1 is 1.00 bits per heavy atom. The molecule has 0 aliphatic carbocycles. The summed E-state index contributed by atoms with van der Waals surface area (Å²) in [4.78, 5) is 24.7. The smallest absolute Gasteiger partial charge is 0.315 e. The van der Waals surface area contributed by atoms with Gasteiger partial charge in [-0.25, -0.2) is 0 Å². The SMILES string of the molecule is COc1ccc2c(CC(=O)Oc3ccc(NC(=O)c4ccccc4Cl)cc3)coc2c1. The lowest BCUT2D eigenvalue weighted by Gasteiger charge is -2.08. The summed E-state index contributed by atoms with van der Waals surface area (Å²) in [5.41, 5.74) is 2.30. The van der Waals surface area contributed by atoms with Crippen molar-refractivity contribution in [1.29, 1.82) is 0 Å². The lowest BCUT2D eigenvalue weighted by atomic mass is 10.1. The standard InChI is InChI=1S/C24H18ClNO5/c1-29-18-10-11-19-15(14-30-22(19)13-18)12-23(27)31-17-8-6-16(7-9-17)26-24(28)20-4-2-3-5-21(20)25/h2-11,13-14H,12H2,1H3,(H,26,28). The molecular formula is C24H18ClNO5. The number of fused-ring (bicyclic) bond motifs is 1. The Hall–Kier alpha value is -3.77. The van der Waals surface area contributed by atoms with Gasteiger partial charge in [-0.3, -0.25) is 9.59 Å². The quantitative estimate of drug-likeness (QED) is 0.320. The minimum Gasteiger partial charge on any atom is -0.497 e. The maximum Gasteiger partial charge on any atom is 0.315 e. The summed E-state index contributed by atoms with van der Waals surface area (Å²) in [5, 5.41) is 3.96. The fraction of sp³-hybridized carbons (Fsp3) is 0.0833. The van der Waals surface area contributed by atoms with Crippen LogP contribution in [0.15, 0.2) is 77.4 Å². The molecule has 4 aromatic rings. The van der Waals surface area contributed by atoms with Gasteiger partial charge in [-0.15, -0.1) is 0 Å². The van der Waals surface area contributed by atoms with E-state index >= 15 is 0 Å². The van der Waals surface area contributed by atoms with Crippen LogP contribution in [0, 0.1) is 0 Å². The zero-order valence-corrected chi connectivity index (χ0v) is 17.3. The van der Waals surface area contributed by atoms with Gasteiger partial charge in [-0.05, 0) is 48.5 Å². The minimum atomic E-state index is -0.425. The zero-order valence-electron chi connectivity index (χ0n) is 16.6. The molecule has 0 aliphatic rings. The highest BCUT2D eigenvalue weighted by Gasteiger charge is 2.14. The van der Waals surface area contributed by atoms with E-state index < -0.39 is 5.97 Å². The summed E-state index contributed by atoms with van der Waals surface area (Å²) < 4.78 is 16.1. The van der Waals surface area contributed by atoms with Gasteiger partial charge >= 0.3 is 5.97 Å². The highest BCUT2D eigenvalue weighted by Crippen LogP contribution is 2.26. The predicted octanol–water partition coefficient (Wildman–Crippen LogP) is 5.50. The first-order valence-corrected chi connectivity index (χ1v) is 9.82. The number of furan rings is 1. The number of nitrogens with one attached hydrogen (secondary N) is 1. The monoisotopic (exact) mass is 435 g/mol. The van der Waals surface area contributed by atoms with Crippen molar-refractivity contribution in [3.05, 3.63) is 89.1 Å². The third kappa shape index (κ3) is 4.70. The van der Waals surface area contributed by atoms with Crippen LogP contribution in [0.1, 0.15) is 15.9 Å². The normalized spacial score (nSPS) is 10.6. The van der Waals surface area contributed by atoms with Gasteiger partial charge in [-0.1, -0.05) is 23.7 Å². The Balaban J connectivity index is 1.38. The molecule has 0 saturated carbocycles. The highest BCUT2D eigenvalue weighted by atomic mass is 35.5. The van der Waals surface area contributed by atoms with E-state index in [1.165, 1.54) is 0 Å². The molecule has 31 heavy (non-hydrogen) atoms. The van der Waals surface area contributed by atoms with Crippen LogP contribution in [0.4, 0.5) is 5.69 Å². The van der Waals surface area contributed by atoms with E-state index in [4.69, 9.17) is 25.5 Å². The summed E-state index contributed by atoms with van der Waals surface area (Å²) in [6.07, 6.45) is 1.60. The van der Waals surface area contributed by atoms with Crippen LogP contribution in [0.3, 0.4) is 0 Å².